The molecule has 0 unspecified atom stereocenters. The number of hydrogen-bond acceptors (Lipinski definition) is 2. The molecule has 6 heteroatoms. The van der Waals surface area contributed by atoms with Crippen LogP contribution in [0.25, 0.3) is 0 Å². The fourth-order valence-electron chi connectivity index (χ4n) is 1.05. The van der Waals surface area contributed by atoms with Gasteiger partial charge in [-0.25, -0.2) is 0 Å². The third-order valence-corrected chi connectivity index (χ3v) is 3.19. The SMILES string of the molecule is C=CC(=O)N(C)C(C)(C)CP(=O)(O)O. The maximum Gasteiger partial charge on any atom is 0.327 e. The van der Waals surface area contributed by atoms with E-state index in [0.717, 1.165) is 6.08 Å². The summed E-state index contributed by atoms with van der Waals surface area (Å²) in [5, 5.41) is 0. The van der Waals surface area contributed by atoms with Gasteiger partial charge in [0.1, 0.15) is 0 Å². The summed E-state index contributed by atoms with van der Waals surface area (Å²) in [5.74, 6) is -0.358. The summed E-state index contributed by atoms with van der Waals surface area (Å²) < 4.78 is 10.8. The Kier molecular flexibility index (Phi) is 4.06. The molecule has 14 heavy (non-hydrogen) atoms. The van der Waals surface area contributed by atoms with E-state index < -0.39 is 13.1 Å². The summed E-state index contributed by atoms with van der Waals surface area (Å²) in [7, 11) is -2.63. The zero-order chi connectivity index (χ0) is 11.6. The lowest BCUT2D eigenvalue weighted by molar-refractivity contribution is -0.128. The minimum absolute atomic E-state index is 0.358. The third-order valence-electron chi connectivity index (χ3n) is 2.01. The monoisotopic (exact) mass is 221 g/mol. The van der Waals surface area contributed by atoms with Crippen LogP contribution >= 0.6 is 7.60 Å². The molecule has 0 aliphatic heterocycles. The van der Waals surface area contributed by atoms with E-state index in [9.17, 15) is 9.36 Å². The standard InChI is InChI=1S/C8H16NO4P/c1-5-7(10)9(4)8(2,3)6-14(11,12)13/h5H,1,6H2,2-4H3,(H2,11,12,13). The van der Waals surface area contributed by atoms with Crippen molar-refractivity contribution in [2.24, 2.45) is 0 Å². The summed E-state index contributed by atoms with van der Waals surface area (Å²) >= 11 is 0. The minimum atomic E-state index is -4.12. The number of nitrogens with zero attached hydrogens (tertiary/aromatic N) is 1. The molecule has 0 saturated heterocycles. The molecular formula is C8H16NO4P. The van der Waals surface area contributed by atoms with Crippen molar-refractivity contribution in [1.29, 1.82) is 0 Å². The molecule has 0 aromatic rings. The van der Waals surface area contributed by atoms with Gasteiger partial charge in [-0.05, 0) is 19.9 Å². The Morgan fingerprint density at radius 1 is 1.57 bits per heavy atom. The zero-order valence-corrected chi connectivity index (χ0v) is 9.49. The van der Waals surface area contributed by atoms with E-state index in [0.29, 0.717) is 0 Å². The van der Waals surface area contributed by atoms with Crippen LogP contribution in [0.2, 0.25) is 0 Å². The molecule has 0 bridgehead atoms. The van der Waals surface area contributed by atoms with Gasteiger partial charge in [0.2, 0.25) is 5.91 Å². The summed E-state index contributed by atoms with van der Waals surface area (Å²) in [6.07, 6.45) is 0.748. The van der Waals surface area contributed by atoms with Crippen molar-refractivity contribution in [2.45, 2.75) is 19.4 Å². The van der Waals surface area contributed by atoms with Crippen molar-refractivity contribution in [2.75, 3.05) is 13.2 Å². The van der Waals surface area contributed by atoms with Crippen molar-refractivity contribution in [3.63, 3.8) is 0 Å². The molecule has 0 aromatic heterocycles. The number of likely N-dealkylation sites (N-methyl/N-ethyl adjacent to an activating group) is 1. The van der Waals surface area contributed by atoms with Crippen LogP contribution in [0.4, 0.5) is 0 Å². The Balaban J connectivity index is 4.69. The maximum atomic E-state index is 11.2. The third kappa shape index (κ3) is 4.05. The second-order valence-corrected chi connectivity index (χ2v) is 5.38. The maximum absolute atomic E-state index is 11.2. The quantitative estimate of drug-likeness (QED) is 0.538. The first-order valence-electron chi connectivity index (χ1n) is 4.05. The van der Waals surface area contributed by atoms with Crippen molar-refractivity contribution in [1.82, 2.24) is 4.90 Å². The second-order valence-electron chi connectivity index (χ2n) is 3.74. The molecule has 0 saturated carbocycles. The molecule has 0 spiro atoms. The Morgan fingerprint density at radius 3 is 2.29 bits per heavy atom. The first-order chi connectivity index (χ1) is 6.10. The zero-order valence-electron chi connectivity index (χ0n) is 8.60. The molecule has 0 aliphatic rings. The number of rotatable bonds is 4. The van der Waals surface area contributed by atoms with E-state index in [2.05, 4.69) is 6.58 Å². The molecule has 0 aliphatic carbocycles. The van der Waals surface area contributed by atoms with Gasteiger partial charge in [-0.15, -0.1) is 0 Å². The fourth-order valence-corrected chi connectivity index (χ4v) is 2.27. The highest BCUT2D eigenvalue weighted by Crippen LogP contribution is 2.39. The first-order valence-corrected chi connectivity index (χ1v) is 5.85. The number of carbonyl (C=O) groups excluding carboxylic acids is 1. The van der Waals surface area contributed by atoms with Crippen LogP contribution in [0, 0.1) is 0 Å². The van der Waals surface area contributed by atoms with E-state index in [-0.39, 0.29) is 12.1 Å². The summed E-state index contributed by atoms with van der Waals surface area (Å²) in [6, 6.07) is 0. The minimum Gasteiger partial charge on any atom is -0.336 e. The van der Waals surface area contributed by atoms with E-state index >= 15 is 0 Å². The van der Waals surface area contributed by atoms with Crippen LogP contribution in [0.5, 0.6) is 0 Å². The smallest absolute Gasteiger partial charge is 0.327 e. The van der Waals surface area contributed by atoms with Crippen LogP contribution in [-0.2, 0) is 9.36 Å². The lowest BCUT2D eigenvalue weighted by atomic mass is 10.1. The molecule has 0 heterocycles. The average Bonchev–Trinajstić information content (AvgIpc) is 1.97. The normalized spacial score (nSPS) is 12.4. The van der Waals surface area contributed by atoms with Gasteiger partial charge in [-0.1, -0.05) is 6.58 Å². The Bertz CT molecular complexity index is 281. The lowest BCUT2D eigenvalue weighted by Crippen LogP contribution is -2.46. The summed E-state index contributed by atoms with van der Waals surface area (Å²) in [6.45, 7) is 6.49. The van der Waals surface area contributed by atoms with E-state index in [4.69, 9.17) is 9.79 Å². The molecule has 0 fully saturated rings. The molecule has 1 amide bonds. The highest BCUT2D eigenvalue weighted by atomic mass is 31.2. The van der Waals surface area contributed by atoms with Gasteiger partial charge in [-0.3, -0.25) is 9.36 Å². The highest BCUT2D eigenvalue weighted by Gasteiger charge is 2.33. The van der Waals surface area contributed by atoms with Crippen molar-refractivity contribution in [3.05, 3.63) is 12.7 Å². The average molecular weight is 221 g/mol. The Labute approximate surface area is 83.6 Å². The number of hydrogen-bond donors (Lipinski definition) is 2. The fraction of sp³-hybridized carbons (Fsp3) is 0.625. The molecule has 2 N–H and O–H groups in total. The van der Waals surface area contributed by atoms with Gasteiger partial charge in [-0.2, -0.15) is 0 Å². The summed E-state index contributed by atoms with van der Waals surface area (Å²) in [5.41, 5.74) is -0.885. The van der Waals surface area contributed by atoms with Gasteiger partial charge in [0.05, 0.1) is 6.16 Å². The van der Waals surface area contributed by atoms with Gasteiger partial charge >= 0.3 is 7.60 Å². The van der Waals surface area contributed by atoms with Gasteiger partial charge in [0, 0.05) is 12.6 Å². The molecule has 0 aromatic carbocycles. The van der Waals surface area contributed by atoms with E-state index in [1.165, 1.54) is 11.9 Å². The highest BCUT2D eigenvalue weighted by molar-refractivity contribution is 7.51. The number of carbonyl (C=O) groups is 1. The molecule has 82 valence electrons. The van der Waals surface area contributed by atoms with Crippen LogP contribution < -0.4 is 0 Å². The van der Waals surface area contributed by atoms with E-state index in [1.807, 2.05) is 0 Å². The number of amides is 1. The second kappa shape index (κ2) is 4.26. The van der Waals surface area contributed by atoms with Gasteiger partial charge in [0.25, 0.3) is 0 Å². The van der Waals surface area contributed by atoms with Crippen LogP contribution in [0.3, 0.4) is 0 Å². The molecular weight excluding hydrogens is 205 g/mol. The van der Waals surface area contributed by atoms with Crippen LogP contribution in [0.1, 0.15) is 13.8 Å². The predicted octanol–water partition coefficient (Wildman–Crippen LogP) is 0.587. The molecule has 0 rings (SSSR count). The van der Waals surface area contributed by atoms with Crippen molar-refractivity contribution < 1.29 is 19.1 Å². The largest absolute Gasteiger partial charge is 0.336 e. The topological polar surface area (TPSA) is 77.8 Å². The molecule has 0 radical (unpaired) electrons. The van der Waals surface area contributed by atoms with Gasteiger partial charge < -0.3 is 14.7 Å². The Morgan fingerprint density at radius 2 is 2.00 bits per heavy atom. The van der Waals surface area contributed by atoms with Crippen molar-refractivity contribution in [3.8, 4) is 0 Å². The molecule has 5 nitrogen and oxygen atoms in total. The van der Waals surface area contributed by atoms with Crippen molar-refractivity contribution >= 4 is 13.5 Å². The molecule has 0 atom stereocenters. The Hall–Kier alpha value is -0.640. The van der Waals surface area contributed by atoms with Crippen LogP contribution in [-0.4, -0.2) is 39.3 Å². The predicted molar refractivity (Wildman–Crippen MR) is 54.0 cm³/mol. The van der Waals surface area contributed by atoms with Gasteiger partial charge in [0.15, 0.2) is 0 Å². The first kappa shape index (κ1) is 13.4. The summed E-state index contributed by atoms with van der Waals surface area (Å²) in [4.78, 5) is 30.1. The van der Waals surface area contributed by atoms with E-state index in [1.54, 1.807) is 13.8 Å². The van der Waals surface area contributed by atoms with Crippen LogP contribution in [0.15, 0.2) is 12.7 Å². The lowest BCUT2D eigenvalue weighted by Gasteiger charge is -2.35.